The lowest BCUT2D eigenvalue weighted by atomic mass is 10.1. The maximum Gasteiger partial charge on any atom is 0.234 e. The molecule has 0 heterocycles. The zero-order chi connectivity index (χ0) is 9.72. The van der Waals surface area contributed by atoms with Gasteiger partial charge in [0.1, 0.15) is 0 Å². The van der Waals surface area contributed by atoms with E-state index in [4.69, 9.17) is 0 Å². The van der Waals surface area contributed by atoms with Crippen molar-refractivity contribution < 1.29 is 4.79 Å². The van der Waals surface area contributed by atoms with E-state index in [0.717, 1.165) is 6.42 Å². The summed E-state index contributed by atoms with van der Waals surface area (Å²) in [7, 11) is 0. The van der Waals surface area contributed by atoms with Crippen LogP contribution in [0.5, 0.6) is 0 Å². The molecule has 0 radical (unpaired) electrons. The molecule has 72 valence electrons. The minimum atomic E-state index is -0.0634. The topological polar surface area (TPSA) is 29.1 Å². The summed E-state index contributed by atoms with van der Waals surface area (Å²) in [4.78, 5) is 11.3. The zero-order valence-corrected chi connectivity index (χ0v) is 9.81. The highest BCUT2D eigenvalue weighted by Crippen LogP contribution is 2.11. The van der Waals surface area contributed by atoms with E-state index >= 15 is 0 Å². The lowest BCUT2D eigenvalue weighted by Crippen LogP contribution is -2.39. The number of hydrogen-bond donors (Lipinski definition) is 1. The fourth-order valence-electron chi connectivity index (χ4n) is 0.727. The van der Waals surface area contributed by atoms with E-state index in [2.05, 4.69) is 28.2 Å². The monoisotopic (exact) mass is 235 g/mol. The maximum atomic E-state index is 11.4. The maximum absolute atomic E-state index is 11.4. The third-order valence-corrected chi connectivity index (χ3v) is 3.31. The Morgan fingerprint density at radius 2 is 1.92 bits per heavy atom. The van der Waals surface area contributed by atoms with Gasteiger partial charge in [0.05, 0.1) is 4.83 Å². The summed E-state index contributed by atoms with van der Waals surface area (Å²) in [6.07, 6.45) is 0.976. The van der Waals surface area contributed by atoms with E-state index in [1.807, 2.05) is 20.8 Å². The van der Waals surface area contributed by atoms with E-state index < -0.39 is 0 Å². The average Bonchev–Trinajstić information content (AvgIpc) is 2.02. The number of carbonyl (C=O) groups is 1. The van der Waals surface area contributed by atoms with Gasteiger partial charge in [0, 0.05) is 6.04 Å². The Balaban J connectivity index is 3.87. The summed E-state index contributed by atoms with van der Waals surface area (Å²) < 4.78 is 0. The Kier molecular flexibility index (Phi) is 5.55. The fourth-order valence-corrected chi connectivity index (χ4v) is 0.859. The first kappa shape index (κ1) is 11.9. The molecule has 1 N–H and O–H groups in total. The van der Waals surface area contributed by atoms with Crippen molar-refractivity contribution in [3.63, 3.8) is 0 Å². The smallest absolute Gasteiger partial charge is 0.234 e. The molecule has 0 rings (SSSR count). The highest BCUT2D eigenvalue weighted by molar-refractivity contribution is 9.10. The van der Waals surface area contributed by atoms with Crippen LogP contribution >= 0.6 is 15.9 Å². The van der Waals surface area contributed by atoms with Crippen LogP contribution in [0.15, 0.2) is 0 Å². The van der Waals surface area contributed by atoms with Crippen LogP contribution in [0.25, 0.3) is 0 Å². The molecule has 0 aromatic heterocycles. The zero-order valence-electron chi connectivity index (χ0n) is 8.23. The molecule has 2 nitrogen and oxygen atoms in total. The van der Waals surface area contributed by atoms with E-state index in [9.17, 15) is 4.79 Å². The van der Waals surface area contributed by atoms with Crippen LogP contribution in [0.1, 0.15) is 34.1 Å². The van der Waals surface area contributed by atoms with E-state index in [-0.39, 0.29) is 16.8 Å². The third-order valence-electron chi connectivity index (χ3n) is 1.84. The predicted octanol–water partition coefficient (Wildman–Crippen LogP) is 2.32. The lowest BCUT2D eigenvalue weighted by Gasteiger charge is -2.17. The molecule has 0 aromatic carbocycles. The van der Waals surface area contributed by atoms with Crippen molar-refractivity contribution in [1.82, 2.24) is 5.32 Å². The second-order valence-corrected chi connectivity index (χ2v) is 4.45. The van der Waals surface area contributed by atoms with Gasteiger partial charge in [-0.15, -0.1) is 0 Å². The van der Waals surface area contributed by atoms with Crippen molar-refractivity contribution in [2.24, 2.45) is 5.92 Å². The van der Waals surface area contributed by atoms with E-state index in [0.29, 0.717) is 5.92 Å². The first-order chi connectivity index (χ1) is 5.49. The first-order valence-corrected chi connectivity index (χ1v) is 5.35. The molecule has 2 atom stereocenters. The standard InChI is InChI=1S/C9H18BrNO/c1-5-7(4)11-9(12)8(10)6(2)3/h6-8H,5H2,1-4H3,(H,11,12)/t7-,8+/m0/s1. The number of hydrogen-bond acceptors (Lipinski definition) is 1. The summed E-state index contributed by atoms with van der Waals surface area (Å²) in [6, 6.07) is 0.274. The predicted molar refractivity (Wildman–Crippen MR) is 55.4 cm³/mol. The fraction of sp³-hybridized carbons (Fsp3) is 0.889. The molecule has 0 aliphatic heterocycles. The molecule has 0 saturated carbocycles. The van der Waals surface area contributed by atoms with Gasteiger partial charge in [-0.3, -0.25) is 4.79 Å². The molecule has 0 aliphatic rings. The number of rotatable bonds is 4. The van der Waals surface area contributed by atoms with Crippen molar-refractivity contribution in [2.45, 2.75) is 45.0 Å². The number of amides is 1. The Labute approximate surface area is 83.2 Å². The van der Waals surface area contributed by atoms with Crippen LogP contribution in [0.2, 0.25) is 0 Å². The Hall–Kier alpha value is -0.0500. The molecule has 0 fully saturated rings. The molecule has 1 amide bonds. The van der Waals surface area contributed by atoms with Crippen molar-refractivity contribution >= 4 is 21.8 Å². The number of nitrogens with one attached hydrogen (secondary N) is 1. The van der Waals surface area contributed by atoms with Crippen LogP contribution < -0.4 is 5.32 Å². The second-order valence-electron chi connectivity index (χ2n) is 3.46. The number of carbonyl (C=O) groups excluding carboxylic acids is 1. The van der Waals surface area contributed by atoms with Gasteiger partial charge < -0.3 is 5.32 Å². The van der Waals surface area contributed by atoms with Crippen molar-refractivity contribution in [1.29, 1.82) is 0 Å². The Bertz CT molecular complexity index is 147. The molecule has 3 heteroatoms. The quantitative estimate of drug-likeness (QED) is 0.745. The summed E-state index contributed by atoms with van der Waals surface area (Å²) >= 11 is 3.35. The van der Waals surface area contributed by atoms with Gasteiger partial charge in [-0.05, 0) is 19.3 Å². The molecular weight excluding hydrogens is 218 g/mol. The Morgan fingerprint density at radius 1 is 1.42 bits per heavy atom. The normalized spacial score (nSPS) is 15.8. The van der Waals surface area contributed by atoms with Gasteiger partial charge in [-0.2, -0.15) is 0 Å². The van der Waals surface area contributed by atoms with Crippen molar-refractivity contribution in [2.75, 3.05) is 0 Å². The van der Waals surface area contributed by atoms with Crippen LogP contribution in [0.3, 0.4) is 0 Å². The lowest BCUT2D eigenvalue weighted by molar-refractivity contribution is -0.121. The highest BCUT2D eigenvalue weighted by Gasteiger charge is 2.19. The molecule has 0 aromatic rings. The van der Waals surface area contributed by atoms with Crippen molar-refractivity contribution in [3.8, 4) is 0 Å². The van der Waals surface area contributed by atoms with Gasteiger partial charge in [-0.1, -0.05) is 36.7 Å². The van der Waals surface area contributed by atoms with Crippen LogP contribution in [0, 0.1) is 5.92 Å². The van der Waals surface area contributed by atoms with E-state index in [1.165, 1.54) is 0 Å². The summed E-state index contributed by atoms with van der Waals surface area (Å²) in [5, 5.41) is 2.92. The largest absolute Gasteiger partial charge is 0.353 e. The molecule has 0 saturated heterocycles. The van der Waals surface area contributed by atoms with Crippen molar-refractivity contribution in [3.05, 3.63) is 0 Å². The average molecular weight is 236 g/mol. The van der Waals surface area contributed by atoms with Gasteiger partial charge in [0.25, 0.3) is 0 Å². The third kappa shape index (κ3) is 4.10. The van der Waals surface area contributed by atoms with Crippen LogP contribution in [-0.2, 0) is 4.79 Å². The van der Waals surface area contributed by atoms with Gasteiger partial charge in [-0.25, -0.2) is 0 Å². The molecule has 0 bridgehead atoms. The SMILES string of the molecule is CC[C@H](C)NC(=O)[C@H](Br)C(C)C. The van der Waals surface area contributed by atoms with Gasteiger partial charge in [0.15, 0.2) is 0 Å². The van der Waals surface area contributed by atoms with Gasteiger partial charge in [0.2, 0.25) is 5.91 Å². The Morgan fingerprint density at radius 3 is 2.25 bits per heavy atom. The molecule has 0 aliphatic carbocycles. The minimum absolute atomic E-state index is 0.0634. The van der Waals surface area contributed by atoms with Gasteiger partial charge >= 0.3 is 0 Å². The van der Waals surface area contributed by atoms with E-state index in [1.54, 1.807) is 0 Å². The first-order valence-electron chi connectivity index (χ1n) is 4.43. The molecule has 12 heavy (non-hydrogen) atoms. The number of halogens is 1. The van der Waals surface area contributed by atoms with Crippen LogP contribution in [0.4, 0.5) is 0 Å². The molecule has 0 unspecified atom stereocenters. The summed E-state index contributed by atoms with van der Waals surface area (Å²) in [5.74, 6) is 0.438. The highest BCUT2D eigenvalue weighted by atomic mass is 79.9. The summed E-state index contributed by atoms with van der Waals surface area (Å²) in [6.45, 7) is 8.12. The molecular formula is C9H18BrNO. The second kappa shape index (κ2) is 5.57. The molecule has 0 spiro atoms. The van der Waals surface area contributed by atoms with Crippen LogP contribution in [-0.4, -0.2) is 16.8 Å². The summed E-state index contributed by atoms with van der Waals surface area (Å²) in [5.41, 5.74) is 0. The minimum Gasteiger partial charge on any atom is -0.353 e. The number of alkyl halides is 1.